The molecule has 0 spiro atoms. The first-order valence-electron chi connectivity index (χ1n) is 8.27. The van der Waals surface area contributed by atoms with E-state index >= 15 is 0 Å². The second-order valence-corrected chi connectivity index (χ2v) is 8.31. The van der Waals surface area contributed by atoms with E-state index in [0.717, 1.165) is 21.8 Å². The number of ether oxygens (including phenoxy) is 2. The molecule has 0 aromatic heterocycles. The number of halogens is 2. The zero-order valence-electron chi connectivity index (χ0n) is 14.4. The monoisotopic (exact) mass is 477 g/mol. The van der Waals surface area contributed by atoms with Gasteiger partial charge in [-0.3, -0.25) is 14.5 Å². The Morgan fingerprint density at radius 2 is 1.86 bits per heavy atom. The lowest BCUT2D eigenvalue weighted by Crippen LogP contribution is -2.27. The highest BCUT2D eigenvalue weighted by Gasteiger charge is 2.35. The summed E-state index contributed by atoms with van der Waals surface area (Å²) in [5, 5.41) is 0.0874. The van der Waals surface area contributed by atoms with Gasteiger partial charge in [-0.2, -0.15) is 0 Å². The molecule has 2 heterocycles. The van der Waals surface area contributed by atoms with Gasteiger partial charge in [-0.25, -0.2) is 0 Å². The van der Waals surface area contributed by atoms with Crippen LogP contribution in [0.25, 0.3) is 6.08 Å². The number of carbonyl (C=O) groups excluding carboxylic acids is 2. The van der Waals surface area contributed by atoms with Crippen molar-refractivity contribution in [1.29, 1.82) is 0 Å². The van der Waals surface area contributed by atoms with Gasteiger partial charge >= 0.3 is 0 Å². The molecule has 0 aliphatic carbocycles. The third-order valence-corrected chi connectivity index (χ3v) is 5.96. The molecule has 0 bridgehead atoms. The number of imide groups is 1. The fourth-order valence-electron chi connectivity index (χ4n) is 2.72. The highest BCUT2D eigenvalue weighted by atomic mass is 79.9. The summed E-state index contributed by atoms with van der Waals surface area (Å²) < 4.78 is 11.6. The van der Waals surface area contributed by atoms with Crippen LogP contribution in [0.2, 0.25) is 5.02 Å². The summed E-state index contributed by atoms with van der Waals surface area (Å²) in [6.45, 7) is 0.206. The predicted octanol–water partition coefficient (Wildman–Crippen LogP) is 5.62. The second-order valence-electron chi connectivity index (χ2n) is 6.00. The SMILES string of the molecule is O=C1S/C(=C\C=C\c2ccc(Br)cc2)C(=O)N1Cc1cc2c(cc1Cl)OCO2. The lowest BCUT2D eigenvalue weighted by molar-refractivity contribution is -0.123. The number of carbonyl (C=O) groups is 2. The van der Waals surface area contributed by atoms with Crippen molar-refractivity contribution in [3.8, 4) is 11.5 Å². The summed E-state index contributed by atoms with van der Waals surface area (Å²) >= 11 is 10.6. The zero-order valence-corrected chi connectivity index (χ0v) is 17.5. The molecule has 0 unspecified atom stereocenters. The van der Waals surface area contributed by atoms with E-state index in [1.54, 1.807) is 24.3 Å². The molecule has 142 valence electrons. The van der Waals surface area contributed by atoms with Gasteiger partial charge in [-0.05, 0) is 47.2 Å². The molecule has 28 heavy (non-hydrogen) atoms. The van der Waals surface area contributed by atoms with Crippen molar-refractivity contribution in [2.75, 3.05) is 6.79 Å². The number of allylic oxidation sites excluding steroid dienone is 2. The van der Waals surface area contributed by atoms with Crippen LogP contribution < -0.4 is 9.47 Å². The molecular weight excluding hydrogens is 466 g/mol. The highest BCUT2D eigenvalue weighted by Crippen LogP contribution is 2.39. The molecule has 0 radical (unpaired) electrons. The molecule has 0 saturated carbocycles. The standard InChI is InChI=1S/C20H13BrClNO4S/c21-14-6-4-12(5-7-14)2-1-3-18-19(24)23(20(25)28-18)10-13-8-16-17(9-15(13)22)27-11-26-16/h1-9H,10-11H2/b2-1+,18-3-. The molecule has 0 N–H and O–H groups in total. The Balaban J connectivity index is 1.49. The fourth-order valence-corrected chi connectivity index (χ4v) is 3.99. The fraction of sp³-hybridized carbons (Fsp3) is 0.100. The topological polar surface area (TPSA) is 55.8 Å². The van der Waals surface area contributed by atoms with Crippen LogP contribution in [-0.4, -0.2) is 22.8 Å². The summed E-state index contributed by atoms with van der Waals surface area (Å²) in [5.41, 5.74) is 1.62. The maximum atomic E-state index is 12.6. The number of fused-ring (bicyclic) bond motifs is 1. The van der Waals surface area contributed by atoms with Gasteiger partial charge in [0.15, 0.2) is 11.5 Å². The quantitative estimate of drug-likeness (QED) is 0.534. The van der Waals surface area contributed by atoms with Crippen LogP contribution in [-0.2, 0) is 11.3 Å². The number of benzene rings is 2. The number of thioether (sulfide) groups is 1. The molecular formula is C20H13BrClNO4S. The molecule has 0 atom stereocenters. The van der Waals surface area contributed by atoms with Crippen molar-refractivity contribution in [3.05, 3.63) is 74.1 Å². The predicted molar refractivity (Wildman–Crippen MR) is 112 cm³/mol. The smallest absolute Gasteiger partial charge is 0.293 e. The number of amides is 2. The molecule has 1 fully saturated rings. The van der Waals surface area contributed by atoms with Crippen LogP contribution >= 0.6 is 39.3 Å². The Morgan fingerprint density at radius 1 is 1.14 bits per heavy atom. The molecule has 4 rings (SSSR count). The highest BCUT2D eigenvalue weighted by molar-refractivity contribution is 9.10. The van der Waals surface area contributed by atoms with Crippen molar-refractivity contribution in [1.82, 2.24) is 4.90 Å². The van der Waals surface area contributed by atoms with E-state index in [1.165, 1.54) is 4.90 Å². The van der Waals surface area contributed by atoms with Crippen LogP contribution in [0.5, 0.6) is 11.5 Å². The van der Waals surface area contributed by atoms with Gasteiger partial charge in [0, 0.05) is 15.6 Å². The first kappa shape index (κ1) is 19.1. The van der Waals surface area contributed by atoms with Gasteiger partial charge in [0.2, 0.25) is 6.79 Å². The average molecular weight is 479 g/mol. The zero-order chi connectivity index (χ0) is 19.7. The Labute approximate surface area is 179 Å². The van der Waals surface area contributed by atoms with E-state index in [0.29, 0.717) is 27.0 Å². The van der Waals surface area contributed by atoms with E-state index in [4.69, 9.17) is 21.1 Å². The lowest BCUT2D eigenvalue weighted by Gasteiger charge is -2.14. The summed E-state index contributed by atoms with van der Waals surface area (Å²) in [7, 11) is 0. The Morgan fingerprint density at radius 3 is 2.61 bits per heavy atom. The van der Waals surface area contributed by atoms with E-state index in [-0.39, 0.29) is 24.5 Å². The van der Waals surface area contributed by atoms with E-state index in [2.05, 4.69) is 15.9 Å². The first-order valence-corrected chi connectivity index (χ1v) is 10.3. The molecule has 2 amide bonds. The number of nitrogens with zero attached hydrogens (tertiary/aromatic N) is 1. The van der Waals surface area contributed by atoms with Crippen molar-refractivity contribution >= 4 is 56.5 Å². The third kappa shape index (κ3) is 3.97. The van der Waals surface area contributed by atoms with Crippen LogP contribution in [0.3, 0.4) is 0 Å². The average Bonchev–Trinajstić information content (AvgIpc) is 3.22. The van der Waals surface area contributed by atoms with Gasteiger partial charge in [-0.15, -0.1) is 0 Å². The van der Waals surface area contributed by atoms with Gasteiger partial charge in [-0.1, -0.05) is 51.8 Å². The van der Waals surface area contributed by atoms with Crippen molar-refractivity contribution in [3.63, 3.8) is 0 Å². The molecule has 2 aliphatic heterocycles. The van der Waals surface area contributed by atoms with Gasteiger partial charge in [0.1, 0.15) is 0 Å². The minimum atomic E-state index is -0.343. The normalized spacial score (nSPS) is 17.4. The Bertz CT molecular complexity index is 1020. The lowest BCUT2D eigenvalue weighted by atomic mass is 10.2. The van der Waals surface area contributed by atoms with E-state index < -0.39 is 0 Å². The first-order chi connectivity index (χ1) is 13.5. The van der Waals surface area contributed by atoms with Crippen LogP contribution in [0, 0.1) is 0 Å². The molecule has 2 aliphatic rings. The number of rotatable bonds is 4. The van der Waals surface area contributed by atoms with Gasteiger partial charge < -0.3 is 9.47 Å². The Hall–Kier alpha value is -2.22. The maximum absolute atomic E-state index is 12.6. The van der Waals surface area contributed by atoms with Crippen molar-refractivity contribution in [2.45, 2.75) is 6.54 Å². The van der Waals surface area contributed by atoms with Crippen LogP contribution in [0.15, 0.2) is 57.9 Å². The van der Waals surface area contributed by atoms with Gasteiger partial charge in [0.25, 0.3) is 11.1 Å². The van der Waals surface area contributed by atoms with Crippen LogP contribution in [0.4, 0.5) is 4.79 Å². The van der Waals surface area contributed by atoms with E-state index in [1.807, 2.05) is 30.3 Å². The molecule has 8 heteroatoms. The van der Waals surface area contributed by atoms with E-state index in [9.17, 15) is 9.59 Å². The largest absolute Gasteiger partial charge is 0.454 e. The Kier molecular flexibility index (Phi) is 5.48. The molecule has 2 aromatic rings. The number of hydrogen-bond acceptors (Lipinski definition) is 5. The molecule has 2 aromatic carbocycles. The number of hydrogen-bond donors (Lipinski definition) is 0. The van der Waals surface area contributed by atoms with Gasteiger partial charge in [0.05, 0.1) is 11.4 Å². The molecule has 1 saturated heterocycles. The minimum absolute atomic E-state index is 0.0773. The minimum Gasteiger partial charge on any atom is -0.454 e. The van der Waals surface area contributed by atoms with Crippen molar-refractivity contribution < 1.29 is 19.1 Å². The summed E-state index contributed by atoms with van der Waals surface area (Å²) in [6.07, 6.45) is 5.27. The summed E-state index contributed by atoms with van der Waals surface area (Å²) in [6, 6.07) is 11.1. The third-order valence-electron chi connectivity index (χ3n) is 4.15. The van der Waals surface area contributed by atoms with Crippen LogP contribution in [0.1, 0.15) is 11.1 Å². The summed E-state index contributed by atoms with van der Waals surface area (Å²) in [5.74, 6) is 0.768. The summed E-state index contributed by atoms with van der Waals surface area (Å²) in [4.78, 5) is 26.5. The second kappa shape index (κ2) is 8.03. The maximum Gasteiger partial charge on any atom is 0.293 e. The van der Waals surface area contributed by atoms with Crippen molar-refractivity contribution in [2.24, 2.45) is 0 Å². The molecule has 5 nitrogen and oxygen atoms in total.